The zero-order chi connectivity index (χ0) is 13.0. The number of nitrogens with one attached hydrogen (secondary N) is 1. The lowest BCUT2D eigenvalue weighted by atomic mass is 10.0. The van der Waals surface area contributed by atoms with Gasteiger partial charge in [-0.3, -0.25) is 0 Å². The quantitative estimate of drug-likeness (QED) is 0.755. The number of benzene rings is 1. The summed E-state index contributed by atoms with van der Waals surface area (Å²) in [6.45, 7) is 3.25. The summed E-state index contributed by atoms with van der Waals surface area (Å²) in [5.41, 5.74) is 1.19. The molecule has 2 unspecified atom stereocenters. The molecule has 0 heterocycles. The van der Waals surface area contributed by atoms with Crippen LogP contribution in [0.3, 0.4) is 0 Å². The average Bonchev–Trinajstić information content (AvgIpc) is 2.53. The molecule has 2 rings (SSSR count). The average molecular weight is 331 g/mol. The molecule has 0 radical (unpaired) electrons. The molecule has 1 fully saturated rings. The maximum Gasteiger partial charge on any atom is 0.0462 e. The highest BCUT2D eigenvalue weighted by molar-refractivity contribution is 9.10. The number of hydrogen-bond acceptors (Lipinski definition) is 1. The third-order valence-electron chi connectivity index (χ3n) is 3.85. The van der Waals surface area contributed by atoms with E-state index in [1.807, 2.05) is 6.07 Å². The number of hydrogen-bond donors (Lipinski definition) is 1. The first-order valence-corrected chi connectivity index (χ1v) is 7.99. The molecule has 1 N–H and O–H groups in total. The SMILES string of the molecule is CC1CCCC(NCc2ccc(Br)cc2Cl)CC1. The first kappa shape index (κ1) is 14.4. The summed E-state index contributed by atoms with van der Waals surface area (Å²) in [5, 5.41) is 4.51. The van der Waals surface area contributed by atoms with E-state index in [1.165, 1.54) is 37.7 Å². The van der Waals surface area contributed by atoms with Gasteiger partial charge < -0.3 is 5.32 Å². The molecule has 0 bridgehead atoms. The van der Waals surface area contributed by atoms with Crippen molar-refractivity contribution >= 4 is 27.5 Å². The van der Waals surface area contributed by atoms with Gasteiger partial charge in [0, 0.05) is 22.1 Å². The van der Waals surface area contributed by atoms with Gasteiger partial charge in [0.1, 0.15) is 0 Å². The molecule has 0 amide bonds. The second kappa shape index (κ2) is 6.93. The third kappa shape index (κ3) is 4.25. The standard InChI is InChI=1S/C15H21BrClN/c1-11-3-2-4-14(8-5-11)18-10-12-6-7-13(16)9-15(12)17/h6-7,9,11,14,18H,2-5,8,10H2,1H3. The van der Waals surface area contributed by atoms with Crippen LogP contribution in [0.2, 0.25) is 5.02 Å². The molecule has 1 aliphatic rings. The summed E-state index contributed by atoms with van der Waals surface area (Å²) in [6.07, 6.45) is 6.70. The van der Waals surface area contributed by atoms with Crippen LogP contribution >= 0.6 is 27.5 Å². The lowest BCUT2D eigenvalue weighted by Gasteiger charge is -2.17. The highest BCUT2D eigenvalue weighted by atomic mass is 79.9. The van der Waals surface area contributed by atoms with E-state index >= 15 is 0 Å². The zero-order valence-electron chi connectivity index (χ0n) is 10.9. The normalized spacial score (nSPS) is 24.8. The van der Waals surface area contributed by atoms with Crippen molar-refractivity contribution in [3.05, 3.63) is 33.3 Å². The van der Waals surface area contributed by atoms with Gasteiger partial charge in [0.15, 0.2) is 0 Å². The van der Waals surface area contributed by atoms with Gasteiger partial charge in [-0.2, -0.15) is 0 Å². The molecule has 1 saturated carbocycles. The Kier molecular flexibility index (Phi) is 5.53. The fourth-order valence-corrected chi connectivity index (χ4v) is 3.35. The van der Waals surface area contributed by atoms with Crippen LogP contribution in [0, 0.1) is 5.92 Å². The Morgan fingerprint density at radius 2 is 2.11 bits per heavy atom. The van der Waals surface area contributed by atoms with Crippen molar-refractivity contribution in [1.82, 2.24) is 5.32 Å². The van der Waals surface area contributed by atoms with Gasteiger partial charge in [-0.05, 0) is 42.9 Å². The van der Waals surface area contributed by atoms with Crippen molar-refractivity contribution in [2.45, 2.75) is 51.6 Å². The minimum Gasteiger partial charge on any atom is -0.310 e. The highest BCUT2D eigenvalue weighted by Gasteiger charge is 2.15. The van der Waals surface area contributed by atoms with Crippen LogP contribution in [-0.2, 0) is 6.54 Å². The van der Waals surface area contributed by atoms with E-state index in [-0.39, 0.29) is 0 Å². The predicted molar refractivity (Wildman–Crippen MR) is 82.0 cm³/mol. The molecule has 18 heavy (non-hydrogen) atoms. The van der Waals surface area contributed by atoms with Crippen molar-refractivity contribution in [2.75, 3.05) is 0 Å². The first-order valence-electron chi connectivity index (χ1n) is 6.82. The van der Waals surface area contributed by atoms with E-state index in [1.54, 1.807) is 0 Å². The first-order chi connectivity index (χ1) is 8.65. The Hall–Kier alpha value is -0.0500. The topological polar surface area (TPSA) is 12.0 Å². The van der Waals surface area contributed by atoms with E-state index in [2.05, 4.69) is 40.3 Å². The smallest absolute Gasteiger partial charge is 0.0462 e. The minimum absolute atomic E-state index is 0.662. The molecule has 1 aromatic carbocycles. The van der Waals surface area contributed by atoms with Crippen molar-refractivity contribution in [3.63, 3.8) is 0 Å². The summed E-state index contributed by atoms with van der Waals surface area (Å²) in [6, 6.07) is 6.78. The van der Waals surface area contributed by atoms with E-state index in [0.717, 1.165) is 22.0 Å². The molecular weight excluding hydrogens is 310 g/mol. The highest BCUT2D eigenvalue weighted by Crippen LogP contribution is 2.24. The predicted octanol–water partition coefficient (Wildman–Crippen LogP) is 5.16. The van der Waals surface area contributed by atoms with Crippen molar-refractivity contribution in [1.29, 1.82) is 0 Å². The maximum absolute atomic E-state index is 6.23. The van der Waals surface area contributed by atoms with Gasteiger partial charge in [0.05, 0.1) is 0 Å². The Balaban J connectivity index is 1.87. The second-order valence-electron chi connectivity index (χ2n) is 5.43. The van der Waals surface area contributed by atoms with Gasteiger partial charge in [0.25, 0.3) is 0 Å². The molecular formula is C15H21BrClN. The summed E-state index contributed by atoms with van der Waals surface area (Å²) < 4.78 is 1.04. The second-order valence-corrected chi connectivity index (χ2v) is 6.75. The lowest BCUT2D eigenvalue weighted by molar-refractivity contribution is 0.447. The summed E-state index contributed by atoms with van der Waals surface area (Å²) >= 11 is 9.67. The molecule has 100 valence electrons. The van der Waals surface area contributed by atoms with Crippen LogP contribution in [0.5, 0.6) is 0 Å². The fraction of sp³-hybridized carbons (Fsp3) is 0.600. The van der Waals surface area contributed by atoms with Crippen LogP contribution in [0.4, 0.5) is 0 Å². The van der Waals surface area contributed by atoms with Gasteiger partial charge in [0.2, 0.25) is 0 Å². The zero-order valence-corrected chi connectivity index (χ0v) is 13.2. The Morgan fingerprint density at radius 3 is 2.89 bits per heavy atom. The number of halogens is 2. The summed E-state index contributed by atoms with van der Waals surface area (Å²) in [4.78, 5) is 0. The molecule has 3 heteroatoms. The lowest BCUT2D eigenvalue weighted by Crippen LogP contribution is -2.28. The van der Waals surface area contributed by atoms with E-state index < -0.39 is 0 Å². The van der Waals surface area contributed by atoms with Crippen LogP contribution in [0.1, 0.15) is 44.6 Å². The monoisotopic (exact) mass is 329 g/mol. The molecule has 1 aromatic rings. The number of rotatable bonds is 3. The summed E-state index contributed by atoms with van der Waals surface area (Å²) in [7, 11) is 0. The van der Waals surface area contributed by atoms with Crippen LogP contribution < -0.4 is 5.32 Å². The van der Waals surface area contributed by atoms with Gasteiger partial charge >= 0.3 is 0 Å². The Morgan fingerprint density at radius 1 is 1.28 bits per heavy atom. The van der Waals surface area contributed by atoms with Crippen LogP contribution in [0.15, 0.2) is 22.7 Å². The minimum atomic E-state index is 0.662. The molecule has 2 atom stereocenters. The van der Waals surface area contributed by atoms with Gasteiger partial charge in [-0.15, -0.1) is 0 Å². The molecule has 0 aromatic heterocycles. The van der Waals surface area contributed by atoms with Crippen LogP contribution in [-0.4, -0.2) is 6.04 Å². The van der Waals surface area contributed by atoms with Crippen LogP contribution in [0.25, 0.3) is 0 Å². The van der Waals surface area contributed by atoms with E-state index in [9.17, 15) is 0 Å². The molecule has 1 nitrogen and oxygen atoms in total. The van der Waals surface area contributed by atoms with E-state index in [0.29, 0.717) is 6.04 Å². The Labute approximate surface area is 123 Å². The van der Waals surface area contributed by atoms with Gasteiger partial charge in [-0.1, -0.05) is 53.4 Å². The molecule has 0 aliphatic heterocycles. The largest absolute Gasteiger partial charge is 0.310 e. The summed E-state index contributed by atoms with van der Waals surface area (Å²) in [5.74, 6) is 0.896. The molecule has 0 spiro atoms. The van der Waals surface area contributed by atoms with Crippen molar-refractivity contribution in [2.24, 2.45) is 5.92 Å². The van der Waals surface area contributed by atoms with Crippen molar-refractivity contribution in [3.8, 4) is 0 Å². The Bertz CT molecular complexity index is 394. The molecule has 1 aliphatic carbocycles. The fourth-order valence-electron chi connectivity index (χ4n) is 2.61. The van der Waals surface area contributed by atoms with Crippen molar-refractivity contribution < 1.29 is 0 Å². The van der Waals surface area contributed by atoms with E-state index in [4.69, 9.17) is 11.6 Å². The molecule has 0 saturated heterocycles. The third-order valence-corrected chi connectivity index (χ3v) is 4.70. The van der Waals surface area contributed by atoms with Gasteiger partial charge in [-0.25, -0.2) is 0 Å². The maximum atomic E-state index is 6.23.